The highest BCUT2D eigenvalue weighted by molar-refractivity contribution is 5.69. The highest BCUT2D eigenvalue weighted by Crippen LogP contribution is 1.90. The summed E-state index contributed by atoms with van der Waals surface area (Å²) in [4.78, 5) is 191. The van der Waals surface area contributed by atoms with E-state index in [2.05, 4.69) is 9.47 Å². The van der Waals surface area contributed by atoms with E-state index >= 15 is 0 Å². The molecule has 0 aliphatic heterocycles. The zero-order valence-corrected chi connectivity index (χ0v) is 54.4. The summed E-state index contributed by atoms with van der Waals surface area (Å²) in [6.07, 6.45) is 0.823. The van der Waals surface area contributed by atoms with Crippen LogP contribution in [-0.2, 0) is 110 Å². The smallest absolute Gasteiger partial charge is 0.305 e. The van der Waals surface area contributed by atoms with Crippen LogP contribution in [0, 0.1) is 0 Å². The minimum Gasteiger partial charge on any atom is -0.481 e. The fourth-order valence-corrected chi connectivity index (χ4v) is 0.660. The normalized spacial score (nSPS) is 6.63. The number of hydrogen-bond donors (Lipinski definition) is 20. The fraction of sp³-hybridized carbons (Fsp3) is 0.562. The van der Waals surface area contributed by atoms with Gasteiger partial charge in [0, 0.05) is 152 Å². The zero-order valence-electron chi connectivity index (χ0n) is 54.4. The summed E-state index contributed by atoms with van der Waals surface area (Å²) in [5.41, 5.74) is 0. The molecular weight excluding hydrogens is 1260 g/mol. The van der Waals surface area contributed by atoms with Gasteiger partial charge in [0.2, 0.25) is 0 Å². The van der Waals surface area contributed by atoms with Gasteiger partial charge in [0.25, 0.3) is 113 Å². The molecule has 0 heterocycles. The summed E-state index contributed by atoms with van der Waals surface area (Å²) >= 11 is 0. The average Bonchev–Trinajstić information content (AvgIpc) is 3.16. The zero-order chi connectivity index (χ0) is 80.1. The van der Waals surface area contributed by atoms with Crippen molar-refractivity contribution >= 4 is 125 Å². The molecule has 0 aliphatic carbocycles. The third kappa shape index (κ3) is 340000. The van der Waals surface area contributed by atoms with E-state index in [1.165, 1.54) is 6.92 Å². The lowest BCUT2D eigenvalue weighted by Gasteiger charge is -1.97. The minimum atomic E-state index is -0.833. The van der Waals surface area contributed by atoms with Gasteiger partial charge in [0.05, 0.1) is 13.2 Å². The summed E-state index contributed by atoms with van der Waals surface area (Å²) in [5, 5.41) is 149. The molecule has 0 bridgehead atoms. The summed E-state index contributed by atoms with van der Waals surface area (Å²) in [6, 6.07) is 0. The Balaban J connectivity index is -0.0000000299. The number of aliphatic hydroxyl groups excluding tert-OH is 1. The van der Waals surface area contributed by atoms with E-state index in [0.29, 0.717) is 26.1 Å². The number of carboxylic acid groups (broad SMARTS) is 19. The van der Waals surface area contributed by atoms with Gasteiger partial charge in [-0.2, -0.15) is 0 Å². The molecule has 43 nitrogen and oxygen atoms in total. The Labute approximate surface area is 522 Å². The maximum atomic E-state index is 10.5. The molecule has 0 aromatic carbocycles. The van der Waals surface area contributed by atoms with Crippen molar-refractivity contribution in [2.75, 3.05) is 19.8 Å². The van der Waals surface area contributed by atoms with Crippen molar-refractivity contribution < 1.29 is 212 Å². The maximum absolute atomic E-state index is 10.5. The van der Waals surface area contributed by atoms with Crippen LogP contribution in [0.2, 0.25) is 0 Å². The van der Waals surface area contributed by atoms with Crippen LogP contribution in [0.5, 0.6) is 0 Å². The van der Waals surface area contributed by atoms with Crippen LogP contribution in [0.3, 0.4) is 0 Å². The summed E-state index contributed by atoms with van der Waals surface area (Å²) in [7, 11) is 0. The first-order valence-corrected chi connectivity index (χ1v) is 22.6. The molecule has 0 amide bonds. The number of carboxylic acids is 19. The molecule has 0 saturated carbocycles. The second-order valence-corrected chi connectivity index (χ2v) is 12.4. The lowest BCUT2D eigenvalue weighted by molar-refractivity contribution is -0.144. The predicted octanol–water partition coefficient (Wildman–Crippen LogP) is 2.62. The Morgan fingerprint density at radius 1 is 0.209 bits per heavy atom. The van der Waals surface area contributed by atoms with Gasteiger partial charge in [-0.3, -0.25) is 101 Å². The van der Waals surface area contributed by atoms with Crippen LogP contribution in [0.4, 0.5) is 0 Å². The van der Waals surface area contributed by atoms with Crippen molar-refractivity contribution in [2.45, 2.75) is 165 Å². The Hall–Kier alpha value is -11.2. The van der Waals surface area contributed by atoms with E-state index in [1.807, 2.05) is 0 Å². The van der Waals surface area contributed by atoms with E-state index in [0.717, 1.165) is 132 Å². The van der Waals surface area contributed by atoms with Gasteiger partial charge in [0.15, 0.2) is 0 Å². The first kappa shape index (κ1) is 143. The first-order valence-electron chi connectivity index (χ1n) is 22.6. The van der Waals surface area contributed by atoms with Crippen LogP contribution in [0.1, 0.15) is 165 Å². The quantitative estimate of drug-likeness (QED) is 0.176. The van der Waals surface area contributed by atoms with E-state index in [-0.39, 0.29) is 18.5 Å². The summed E-state index contributed by atoms with van der Waals surface area (Å²) in [5.74, 6) is -16.3. The van der Waals surface area contributed by atoms with E-state index in [4.69, 9.17) is 193 Å². The minimum absolute atomic E-state index is 0.0544. The van der Waals surface area contributed by atoms with Crippen LogP contribution in [0.25, 0.3) is 0 Å². The molecule has 43 heteroatoms. The second kappa shape index (κ2) is 138. The van der Waals surface area contributed by atoms with Crippen LogP contribution < -0.4 is 0 Å². The Morgan fingerprint density at radius 2 is 0.297 bits per heavy atom. The molecule has 0 radical (unpaired) electrons. The average molecular weight is 1360 g/mol. The molecule has 0 fully saturated rings. The molecule has 0 spiro atoms. The van der Waals surface area contributed by atoms with E-state index in [1.54, 1.807) is 13.8 Å². The molecule has 546 valence electrons. The molecule has 20 N–H and O–H groups in total. The molecule has 0 rings (SSSR count). The van der Waals surface area contributed by atoms with Crippen molar-refractivity contribution in [1.82, 2.24) is 0 Å². The SMILES string of the molecule is CC(=O)O.CC(=O)O.CC(=O)O.CC(=O)O.CC(=O)O.CC(=O)O.CC(=O)O.CC(=O)O.CC(=O)O.CC(=O)O.CC(=O)O.CC(=O)O.CC(=O)O.CC(=O)O.CC(=O)O.CC(=O)O.CC(=O)O.CC(=O)O.CC(=O)O.CCOC(=O)CCCO.CCOC(C)=O. The first-order chi connectivity index (χ1) is 40.0. The fourth-order valence-electron chi connectivity index (χ4n) is 0.660. The molecule has 0 atom stereocenters. The van der Waals surface area contributed by atoms with Gasteiger partial charge in [0.1, 0.15) is 0 Å². The summed E-state index contributed by atoms with van der Waals surface area (Å²) < 4.78 is 9.00. The largest absolute Gasteiger partial charge is 0.481 e. The highest BCUT2D eigenvalue weighted by Gasteiger charge is 1.98. The number of ether oxygens (including phenoxy) is 2. The van der Waals surface area contributed by atoms with Crippen molar-refractivity contribution in [3.63, 3.8) is 0 Å². The van der Waals surface area contributed by atoms with Crippen LogP contribution >= 0.6 is 0 Å². The number of carbonyl (C=O) groups is 21. The molecule has 0 aromatic heterocycles. The third-order valence-electron chi connectivity index (χ3n) is 1.19. The van der Waals surface area contributed by atoms with Crippen molar-refractivity contribution in [1.29, 1.82) is 0 Å². The molecule has 0 aliphatic rings. The maximum Gasteiger partial charge on any atom is 0.305 e. The topological polar surface area (TPSA) is 782 Å². The van der Waals surface area contributed by atoms with Gasteiger partial charge in [-0.15, -0.1) is 0 Å². The lowest BCUT2D eigenvalue weighted by Crippen LogP contribution is -2.03. The number of rotatable bonds is 5. The lowest BCUT2D eigenvalue weighted by atomic mass is 10.3. The molecule has 0 aromatic rings. The number of esters is 2. The number of aliphatic carboxylic acids is 19. The standard InChI is InChI=1S/C6H12O3.C4H8O2.19C2H4O2/c1-2-9-6(8)4-3-5-7;1-3-6-4(2)5;19*1-2(3)4/h7H,2-5H2,1H3;3H2,1-2H3;19*1H3,(H,3,4). The second-order valence-electron chi connectivity index (χ2n) is 12.4. The van der Waals surface area contributed by atoms with Crippen molar-refractivity contribution in [2.24, 2.45) is 0 Å². The molecule has 0 unspecified atom stereocenters. The van der Waals surface area contributed by atoms with Crippen molar-refractivity contribution in [3.8, 4) is 0 Å². The van der Waals surface area contributed by atoms with Gasteiger partial charge in [-0.25, -0.2) is 0 Å². The van der Waals surface area contributed by atoms with Crippen LogP contribution in [-0.4, -0.2) is 247 Å². The number of hydrogen-bond acceptors (Lipinski definition) is 24. The highest BCUT2D eigenvalue weighted by atomic mass is 16.5. The van der Waals surface area contributed by atoms with Crippen molar-refractivity contribution in [3.05, 3.63) is 0 Å². The van der Waals surface area contributed by atoms with Gasteiger partial charge >= 0.3 is 11.9 Å². The van der Waals surface area contributed by atoms with E-state index in [9.17, 15) is 9.59 Å². The Bertz CT molecular complexity index is 1320. The summed E-state index contributed by atoms with van der Waals surface area (Å²) in [6.45, 7) is 26.5. The monoisotopic (exact) mass is 1360 g/mol. The molecule has 0 saturated heterocycles. The van der Waals surface area contributed by atoms with Gasteiger partial charge < -0.3 is 112 Å². The Morgan fingerprint density at radius 3 is 0.341 bits per heavy atom. The van der Waals surface area contributed by atoms with Gasteiger partial charge in [-0.1, -0.05) is 0 Å². The predicted molar refractivity (Wildman–Crippen MR) is 308 cm³/mol. The number of aliphatic hydroxyl groups is 1. The molecule has 91 heavy (non-hydrogen) atoms. The Kier molecular flexibility index (Phi) is 217. The van der Waals surface area contributed by atoms with E-state index < -0.39 is 113 Å². The number of carbonyl (C=O) groups excluding carboxylic acids is 2. The van der Waals surface area contributed by atoms with Gasteiger partial charge in [-0.05, 0) is 20.3 Å². The van der Waals surface area contributed by atoms with Crippen LogP contribution in [0.15, 0.2) is 0 Å². The third-order valence-corrected chi connectivity index (χ3v) is 1.19. The molecular formula is C48H96O43.